The number of nitrogen functional groups attached to an aromatic ring is 1. The maximum Gasteiger partial charge on any atom is 0.698 e. The van der Waals surface area contributed by atoms with Crippen LogP contribution in [0.1, 0.15) is 6.23 Å². The maximum atomic E-state index is 15.7. The number of alkyl halides is 1. The van der Waals surface area contributed by atoms with Gasteiger partial charge in [-0.25, -0.2) is 24.3 Å². The summed E-state index contributed by atoms with van der Waals surface area (Å²) in [5.41, 5.74) is 11.7. The van der Waals surface area contributed by atoms with Gasteiger partial charge in [0.1, 0.15) is 49.4 Å². The van der Waals surface area contributed by atoms with Crippen molar-refractivity contribution in [2.75, 3.05) is 26.1 Å². The number of anilines is 1. The van der Waals surface area contributed by atoms with Gasteiger partial charge in [-0.05, 0) is 4.57 Å². The number of nitrogens with zero attached hydrogens (tertiary/aromatic N) is 5. The predicted molar refractivity (Wildman–Crippen MR) is 120 cm³/mol. The molecule has 2 bridgehead atoms. The van der Waals surface area contributed by atoms with Crippen molar-refractivity contribution in [2.24, 2.45) is 10.7 Å². The third-order valence-electron chi connectivity index (χ3n) is 5.94. The van der Waals surface area contributed by atoms with Crippen LogP contribution in [0, 0.1) is 0 Å². The zero-order valence-electron chi connectivity index (χ0n) is 18.7. The molecular weight excluding hydrogens is 525 g/mol. The van der Waals surface area contributed by atoms with Gasteiger partial charge in [0, 0.05) is 11.7 Å². The Morgan fingerprint density at radius 3 is 2.83 bits per heavy atom. The molecule has 0 saturated carbocycles. The summed E-state index contributed by atoms with van der Waals surface area (Å²) in [6.45, 7) is -0.605. The van der Waals surface area contributed by atoms with Gasteiger partial charge in [0.15, 0.2) is 36.2 Å². The fraction of sp³-hybridized carbons (Fsp3) is 0.647. The van der Waals surface area contributed by atoms with Gasteiger partial charge in [-0.3, -0.25) is 4.57 Å². The molecule has 3 aliphatic rings. The number of aliphatic imine (C=N–C) groups is 1. The van der Waals surface area contributed by atoms with Gasteiger partial charge in [-0.2, -0.15) is 0 Å². The first-order chi connectivity index (χ1) is 17.4. The average molecular weight is 548 g/mol. The highest BCUT2D eigenvalue weighted by Crippen LogP contribution is 2.41. The normalized spacial score (nSPS) is 38.1. The minimum atomic E-state index is -2.75. The van der Waals surface area contributed by atoms with Crippen LogP contribution in [0.15, 0.2) is 17.6 Å². The fourth-order valence-electron chi connectivity index (χ4n) is 4.30. The lowest BCUT2D eigenvalue weighted by atomic mass is 10.1. The minimum Gasteiger partial charge on any atom is -0.390 e. The molecule has 3 aliphatic heterocycles. The van der Waals surface area contributed by atoms with Crippen LogP contribution in [-0.2, 0) is 36.9 Å². The summed E-state index contributed by atoms with van der Waals surface area (Å²) < 4.78 is 75.6. The summed E-state index contributed by atoms with van der Waals surface area (Å²) in [7, 11) is -3.96. The van der Waals surface area contributed by atoms with Gasteiger partial charge in [-0.1, -0.05) is 5.09 Å². The minimum absolute atomic E-state index is 0.116. The van der Waals surface area contributed by atoms with E-state index in [9.17, 15) is 9.13 Å². The highest BCUT2D eigenvalue weighted by atomic mass is 31.1. The monoisotopic (exact) mass is 548 g/mol. The molecule has 194 valence electrons. The Balaban J connectivity index is 1.39. The van der Waals surface area contributed by atoms with Crippen molar-refractivity contribution in [1.82, 2.24) is 24.6 Å². The van der Waals surface area contributed by atoms with Crippen LogP contribution in [0.2, 0.25) is 0 Å². The number of nitrogens with one attached hydrogen (secondary N) is 1. The van der Waals surface area contributed by atoms with E-state index in [1.54, 1.807) is 0 Å². The van der Waals surface area contributed by atoms with E-state index in [1.807, 2.05) is 0 Å². The van der Waals surface area contributed by atoms with Gasteiger partial charge < -0.3 is 25.7 Å². The van der Waals surface area contributed by atoms with Crippen LogP contribution in [-0.4, -0.2) is 89.0 Å². The number of fused-ring (bicyclic) bond motifs is 4. The molecule has 36 heavy (non-hydrogen) atoms. The second kappa shape index (κ2) is 10.6. The third-order valence-corrected chi connectivity index (χ3v) is 7.61. The largest absolute Gasteiger partial charge is 0.698 e. The van der Waals surface area contributed by atoms with Crippen molar-refractivity contribution in [2.45, 2.75) is 49.1 Å². The molecular formula is C17H23FN8O8P2+2. The van der Waals surface area contributed by atoms with Crippen molar-refractivity contribution < 1.29 is 41.3 Å². The summed E-state index contributed by atoms with van der Waals surface area (Å²) in [5, 5.41) is 2.59. The number of hydrogen-bond acceptors (Lipinski definition) is 13. The number of nitrogens with two attached hydrogens (primary N) is 2. The summed E-state index contributed by atoms with van der Waals surface area (Å²) in [5.74, 6) is 0.116. The van der Waals surface area contributed by atoms with Crippen LogP contribution in [0.3, 0.4) is 0 Å². The van der Waals surface area contributed by atoms with Crippen LogP contribution >= 0.6 is 16.4 Å². The lowest BCUT2D eigenvalue weighted by Crippen LogP contribution is -2.41. The highest BCUT2D eigenvalue weighted by molar-refractivity contribution is 7.36. The number of aromatic nitrogens is 4. The maximum absolute atomic E-state index is 15.7. The van der Waals surface area contributed by atoms with Crippen LogP contribution in [0.5, 0.6) is 0 Å². The number of ether oxygens (including phenoxy) is 3. The second-order valence-electron chi connectivity index (χ2n) is 7.95. The highest BCUT2D eigenvalue weighted by Gasteiger charge is 2.55. The van der Waals surface area contributed by atoms with Crippen molar-refractivity contribution in [1.29, 1.82) is 0 Å². The van der Waals surface area contributed by atoms with Crippen LogP contribution in [0.25, 0.3) is 11.2 Å². The second-order valence-corrected chi connectivity index (χ2v) is 9.90. The van der Waals surface area contributed by atoms with E-state index in [2.05, 4.69) is 25.0 Å². The lowest BCUT2D eigenvalue weighted by Gasteiger charge is -2.16. The molecule has 2 aromatic rings. The Bertz CT molecular complexity index is 1170. The zero-order chi connectivity index (χ0) is 25.4. The van der Waals surface area contributed by atoms with Crippen molar-refractivity contribution in [3.05, 3.63) is 12.7 Å². The molecule has 3 saturated heterocycles. The Kier molecular flexibility index (Phi) is 7.44. The molecule has 5 N–H and O–H groups in total. The number of rotatable bonds is 3. The quantitative estimate of drug-likeness (QED) is 0.264. The van der Waals surface area contributed by atoms with Gasteiger partial charge in [0.25, 0.3) is 0 Å². The molecule has 2 aromatic heterocycles. The molecule has 5 heterocycles. The van der Waals surface area contributed by atoms with E-state index in [1.165, 1.54) is 24.3 Å². The Labute approximate surface area is 204 Å². The lowest BCUT2D eigenvalue weighted by molar-refractivity contribution is -0.0369. The standard InChI is InChI=1S/C17H23FN8O8P2/c1-29-12-8-3-30-35(27)25-10-7(2-31-36(28)34-13(12)16(32-8)21-4-19)33-17(9(10)18)26-6-24-11-14(20)22-5-23-15(11)26/h4-10,12-13,16-17H,2-3H2,1H3,(H2,19,21)(H,25,27)(H2,20,22,23)/q+2. The first-order valence-electron chi connectivity index (χ1n) is 10.7. The molecule has 3 fully saturated rings. The van der Waals surface area contributed by atoms with E-state index in [0.29, 0.717) is 0 Å². The van der Waals surface area contributed by atoms with E-state index in [4.69, 9.17) is 39.2 Å². The number of methoxy groups -OCH3 is 1. The molecule has 16 nitrogen and oxygen atoms in total. The molecule has 10 atom stereocenters. The van der Waals surface area contributed by atoms with Crippen molar-refractivity contribution >= 4 is 39.8 Å². The summed E-state index contributed by atoms with van der Waals surface area (Å²) in [4.78, 5) is 16.0. The third kappa shape index (κ3) is 4.69. The first-order valence-corrected chi connectivity index (χ1v) is 13.0. The molecule has 5 rings (SSSR count). The van der Waals surface area contributed by atoms with Gasteiger partial charge in [-0.15, -0.1) is 13.6 Å². The SMILES string of the molecule is COC1C2CO[P+](=O)NC3C(CO[P+](=O)OC1C(N=CN)O2)OC(n1cnc2c(N)ncnc21)C3F. The van der Waals surface area contributed by atoms with E-state index < -0.39 is 65.5 Å². The van der Waals surface area contributed by atoms with Crippen LogP contribution in [0.4, 0.5) is 10.2 Å². The number of halogens is 1. The van der Waals surface area contributed by atoms with E-state index in [0.717, 1.165) is 6.34 Å². The predicted octanol–water partition coefficient (Wildman–Crippen LogP) is 0.0759. The van der Waals surface area contributed by atoms with E-state index in [-0.39, 0.29) is 30.2 Å². The average Bonchev–Trinajstić information content (AvgIpc) is 3.51. The molecule has 0 amide bonds. The molecule has 19 heteroatoms. The molecule has 0 radical (unpaired) electrons. The summed E-state index contributed by atoms with van der Waals surface area (Å²) >= 11 is 0. The Morgan fingerprint density at radius 1 is 1.25 bits per heavy atom. The van der Waals surface area contributed by atoms with Gasteiger partial charge in [0.05, 0.1) is 12.7 Å². The van der Waals surface area contributed by atoms with Crippen LogP contribution < -0.4 is 16.6 Å². The van der Waals surface area contributed by atoms with Crippen molar-refractivity contribution in [3.63, 3.8) is 0 Å². The fourth-order valence-corrected chi connectivity index (χ4v) is 5.96. The smallest absolute Gasteiger partial charge is 0.390 e. The van der Waals surface area contributed by atoms with Gasteiger partial charge >= 0.3 is 16.4 Å². The number of imidazole rings is 1. The Hall–Kier alpha value is -2.33. The van der Waals surface area contributed by atoms with E-state index >= 15 is 4.39 Å². The molecule has 0 aromatic carbocycles. The molecule has 0 aliphatic carbocycles. The van der Waals surface area contributed by atoms with Gasteiger partial charge in [0.2, 0.25) is 0 Å². The molecule has 0 spiro atoms. The van der Waals surface area contributed by atoms with Crippen molar-refractivity contribution in [3.8, 4) is 0 Å². The summed E-state index contributed by atoms with van der Waals surface area (Å²) in [6.07, 6.45) is -4.05. The number of hydrogen-bond donors (Lipinski definition) is 3. The zero-order valence-corrected chi connectivity index (χ0v) is 20.5. The summed E-state index contributed by atoms with van der Waals surface area (Å²) in [6, 6.07) is -1.18. The Morgan fingerprint density at radius 2 is 2.06 bits per heavy atom. The first kappa shape index (κ1) is 25.3. The molecule has 10 unspecified atom stereocenters. The topological polar surface area (TPSA) is 210 Å².